The molecule has 0 spiro atoms. The van der Waals surface area contributed by atoms with E-state index < -0.39 is 12.1 Å². The second-order valence-electron chi connectivity index (χ2n) is 6.67. The summed E-state index contributed by atoms with van der Waals surface area (Å²) in [6, 6.07) is 14.9. The number of esters is 1. The lowest BCUT2D eigenvalue weighted by Crippen LogP contribution is -2.30. The molecule has 0 aliphatic rings. The third-order valence-corrected chi connectivity index (χ3v) is 4.28. The second-order valence-corrected chi connectivity index (χ2v) is 6.67. The van der Waals surface area contributed by atoms with Crippen molar-refractivity contribution in [3.8, 4) is 0 Å². The highest BCUT2D eigenvalue weighted by Crippen LogP contribution is 2.24. The minimum atomic E-state index is -0.920. The Balaban J connectivity index is 1.62. The van der Waals surface area contributed by atoms with E-state index in [9.17, 15) is 9.59 Å². The molecule has 2 aromatic carbocycles. The maximum Gasteiger partial charge on any atom is 0.312 e. The summed E-state index contributed by atoms with van der Waals surface area (Å²) >= 11 is 0. The van der Waals surface area contributed by atoms with E-state index in [4.69, 9.17) is 9.26 Å². The quantitative estimate of drug-likeness (QED) is 0.665. The molecule has 0 bridgehead atoms. The van der Waals surface area contributed by atoms with Gasteiger partial charge in [-0.3, -0.25) is 9.59 Å². The number of ether oxygens (including phenoxy) is 1. The number of fused-ring (bicyclic) bond motifs is 1. The molecule has 1 atom stereocenters. The largest absolute Gasteiger partial charge is 0.452 e. The molecule has 0 aliphatic heterocycles. The van der Waals surface area contributed by atoms with Crippen LogP contribution in [0, 0.1) is 0 Å². The van der Waals surface area contributed by atoms with Crippen molar-refractivity contribution in [2.24, 2.45) is 0 Å². The van der Waals surface area contributed by atoms with Gasteiger partial charge in [-0.25, -0.2) is 0 Å². The molecule has 3 aromatic rings. The second kappa shape index (κ2) is 8.03. The van der Waals surface area contributed by atoms with Gasteiger partial charge in [0.15, 0.2) is 11.7 Å². The van der Waals surface area contributed by atoms with E-state index in [1.165, 1.54) is 0 Å². The molecular formula is C21H22N2O4. The van der Waals surface area contributed by atoms with Crippen molar-refractivity contribution in [2.45, 2.75) is 39.2 Å². The standard InChI is InChI=1S/C21H22N2O4/c1-13(2)15-8-4-6-10-17(15)22-21(25)14(3)26-20(24)12-18-16-9-5-7-11-19(16)27-23-18/h4-11,13-14H,12H2,1-3H3,(H,22,25)/t14-/m0/s1. The van der Waals surface area contributed by atoms with Crippen LogP contribution >= 0.6 is 0 Å². The Kier molecular flexibility index (Phi) is 5.54. The Morgan fingerprint density at radius 2 is 1.78 bits per heavy atom. The predicted octanol–water partition coefficient (Wildman–Crippen LogP) is 4.06. The average Bonchev–Trinajstić information content (AvgIpc) is 3.05. The van der Waals surface area contributed by atoms with Gasteiger partial charge in [-0.2, -0.15) is 0 Å². The molecule has 0 saturated carbocycles. The van der Waals surface area contributed by atoms with Crippen LogP contribution in [0.3, 0.4) is 0 Å². The number of nitrogens with zero attached hydrogens (tertiary/aromatic N) is 1. The zero-order valence-corrected chi connectivity index (χ0v) is 15.6. The smallest absolute Gasteiger partial charge is 0.312 e. The monoisotopic (exact) mass is 366 g/mol. The van der Waals surface area contributed by atoms with E-state index in [0.717, 1.165) is 16.6 Å². The van der Waals surface area contributed by atoms with Gasteiger partial charge >= 0.3 is 5.97 Å². The minimum Gasteiger partial charge on any atom is -0.452 e. The summed E-state index contributed by atoms with van der Waals surface area (Å²) in [4.78, 5) is 24.6. The molecule has 0 saturated heterocycles. The van der Waals surface area contributed by atoms with Crippen LogP contribution in [0.2, 0.25) is 0 Å². The first-order chi connectivity index (χ1) is 13.0. The Morgan fingerprint density at radius 1 is 1.07 bits per heavy atom. The summed E-state index contributed by atoms with van der Waals surface area (Å²) in [6.45, 7) is 5.65. The fraction of sp³-hybridized carbons (Fsp3) is 0.286. The van der Waals surface area contributed by atoms with Crippen molar-refractivity contribution in [3.63, 3.8) is 0 Å². The van der Waals surface area contributed by atoms with E-state index >= 15 is 0 Å². The molecule has 140 valence electrons. The van der Waals surface area contributed by atoms with Crippen molar-refractivity contribution in [1.29, 1.82) is 0 Å². The maximum atomic E-state index is 12.4. The van der Waals surface area contributed by atoms with Gasteiger partial charge in [0.1, 0.15) is 5.69 Å². The number of benzene rings is 2. The summed E-state index contributed by atoms with van der Waals surface area (Å²) in [6.07, 6.45) is -0.979. The lowest BCUT2D eigenvalue weighted by molar-refractivity contribution is -0.152. The van der Waals surface area contributed by atoms with Crippen molar-refractivity contribution in [2.75, 3.05) is 5.32 Å². The highest BCUT2D eigenvalue weighted by Gasteiger charge is 2.21. The van der Waals surface area contributed by atoms with Crippen molar-refractivity contribution >= 4 is 28.5 Å². The Labute approximate surface area is 157 Å². The van der Waals surface area contributed by atoms with Crippen LogP contribution in [-0.2, 0) is 20.7 Å². The zero-order chi connectivity index (χ0) is 19.4. The fourth-order valence-electron chi connectivity index (χ4n) is 2.84. The summed E-state index contributed by atoms with van der Waals surface area (Å²) in [7, 11) is 0. The number of amides is 1. The number of hydrogen-bond donors (Lipinski definition) is 1. The van der Waals surface area contributed by atoms with Crippen LogP contribution in [0.4, 0.5) is 5.69 Å². The highest BCUT2D eigenvalue weighted by atomic mass is 16.5. The number of para-hydroxylation sites is 2. The van der Waals surface area contributed by atoms with Crippen LogP contribution in [-0.4, -0.2) is 23.1 Å². The van der Waals surface area contributed by atoms with Gasteiger partial charge < -0.3 is 14.6 Å². The lowest BCUT2D eigenvalue weighted by Gasteiger charge is -2.17. The first-order valence-electron chi connectivity index (χ1n) is 8.88. The molecule has 0 aliphatic carbocycles. The van der Waals surface area contributed by atoms with Crippen molar-refractivity contribution in [3.05, 3.63) is 59.8 Å². The summed E-state index contributed by atoms with van der Waals surface area (Å²) in [5.41, 5.74) is 2.85. The Bertz CT molecular complexity index is 961. The molecule has 6 nitrogen and oxygen atoms in total. The average molecular weight is 366 g/mol. The molecular weight excluding hydrogens is 344 g/mol. The van der Waals surface area contributed by atoms with E-state index in [0.29, 0.717) is 11.3 Å². The third-order valence-electron chi connectivity index (χ3n) is 4.28. The molecule has 1 amide bonds. The van der Waals surface area contributed by atoms with Gasteiger partial charge in [0.2, 0.25) is 0 Å². The highest BCUT2D eigenvalue weighted by molar-refractivity contribution is 5.96. The Morgan fingerprint density at radius 3 is 2.56 bits per heavy atom. The van der Waals surface area contributed by atoms with Crippen LogP contribution in [0.5, 0.6) is 0 Å². The Hall–Kier alpha value is -3.15. The first-order valence-corrected chi connectivity index (χ1v) is 8.88. The molecule has 1 N–H and O–H groups in total. The normalized spacial score (nSPS) is 12.1. The van der Waals surface area contributed by atoms with E-state index in [2.05, 4.69) is 24.3 Å². The third kappa shape index (κ3) is 4.34. The summed E-state index contributed by atoms with van der Waals surface area (Å²) < 4.78 is 10.5. The van der Waals surface area contributed by atoms with Crippen LogP contribution in [0.25, 0.3) is 11.0 Å². The van der Waals surface area contributed by atoms with Gasteiger partial charge in [-0.05, 0) is 36.6 Å². The molecule has 6 heteroatoms. The topological polar surface area (TPSA) is 81.4 Å². The number of carbonyl (C=O) groups excluding carboxylic acids is 2. The molecule has 27 heavy (non-hydrogen) atoms. The van der Waals surface area contributed by atoms with Crippen molar-refractivity contribution < 1.29 is 18.8 Å². The molecule has 1 heterocycles. The van der Waals surface area contributed by atoms with Gasteiger partial charge in [0, 0.05) is 11.1 Å². The summed E-state index contributed by atoms with van der Waals surface area (Å²) in [5.74, 6) is -0.643. The summed E-state index contributed by atoms with van der Waals surface area (Å²) in [5, 5.41) is 7.51. The molecule has 1 aromatic heterocycles. The zero-order valence-electron chi connectivity index (χ0n) is 15.6. The van der Waals surface area contributed by atoms with Gasteiger partial charge in [-0.1, -0.05) is 49.3 Å². The maximum absolute atomic E-state index is 12.4. The van der Waals surface area contributed by atoms with Crippen LogP contribution in [0.15, 0.2) is 53.1 Å². The van der Waals surface area contributed by atoms with Gasteiger partial charge in [0.25, 0.3) is 5.91 Å². The first kappa shape index (κ1) is 18.6. The van der Waals surface area contributed by atoms with E-state index in [-0.39, 0.29) is 18.2 Å². The fourth-order valence-corrected chi connectivity index (χ4v) is 2.84. The number of hydrogen-bond acceptors (Lipinski definition) is 5. The van der Waals surface area contributed by atoms with E-state index in [1.54, 1.807) is 13.0 Å². The molecule has 3 rings (SSSR count). The number of aromatic nitrogens is 1. The number of nitrogens with one attached hydrogen (secondary N) is 1. The minimum absolute atomic E-state index is 0.0583. The number of anilines is 1. The van der Waals surface area contributed by atoms with Crippen LogP contribution < -0.4 is 5.32 Å². The van der Waals surface area contributed by atoms with Crippen molar-refractivity contribution in [1.82, 2.24) is 5.16 Å². The predicted molar refractivity (Wildman–Crippen MR) is 102 cm³/mol. The molecule has 0 radical (unpaired) electrons. The molecule has 0 unspecified atom stereocenters. The van der Waals surface area contributed by atoms with E-state index in [1.807, 2.05) is 42.5 Å². The van der Waals surface area contributed by atoms with Crippen LogP contribution in [0.1, 0.15) is 37.9 Å². The number of carbonyl (C=O) groups is 2. The molecule has 0 fully saturated rings. The van der Waals surface area contributed by atoms with Gasteiger partial charge in [-0.15, -0.1) is 0 Å². The number of rotatable bonds is 6. The van der Waals surface area contributed by atoms with Gasteiger partial charge in [0.05, 0.1) is 6.42 Å². The SMILES string of the molecule is CC(C)c1ccccc1NC(=O)[C@H](C)OC(=O)Cc1noc2ccccc12. The lowest BCUT2D eigenvalue weighted by atomic mass is 10.0.